The van der Waals surface area contributed by atoms with Crippen LogP contribution in [-0.4, -0.2) is 0 Å². The normalized spacial score (nSPS) is 12.4. The van der Waals surface area contributed by atoms with Gasteiger partial charge in [-0.05, 0) is 150 Å². The number of thiophene rings is 1. The molecule has 364 valence electrons. The van der Waals surface area contributed by atoms with E-state index in [2.05, 4.69) is 302 Å². The fourth-order valence-corrected chi connectivity index (χ4v) is 13.6. The number of hydrogen-bond donors (Lipinski definition) is 0. The van der Waals surface area contributed by atoms with Crippen molar-refractivity contribution in [3.63, 3.8) is 0 Å². The third kappa shape index (κ3) is 8.26. The number of rotatable bonds is 12. The van der Waals surface area contributed by atoms with E-state index < -0.39 is 5.41 Å². The van der Waals surface area contributed by atoms with Crippen LogP contribution in [0.15, 0.2) is 297 Å². The molecule has 1 nitrogen and oxygen atoms in total. The van der Waals surface area contributed by atoms with Gasteiger partial charge in [-0.3, -0.25) is 0 Å². The maximum atomic E-state index is 2.45. The average Bonchev–Trinajstić information content (AvgIpc) is 4.04. The third-order valence-corrected chi connectivity index (χ3v) is 17.1. The summed E-state index contributed by atoms with van der Waals surface area (Å²) in [5.41, 5.74) is 23.0. The van der Waals surface area contributed by atoms with Gasteiger partial charge in [0, 0.05) is 37.2 Å². The molecule has 1 aliphatic carbocycles. The molecule has 0 spiro atoms. The Balaban J connectivity index is 0.910. The molecular formula is C75H53NS. The predicted molar refractivity (Wildman–Crippen MR) is 326 cm³/mol. The summed E-state index contributed by atoms with van der Waals surface area (Å²) in [6.45, 7) is 0. The molecule has 0 bridgehead atoms. The van der Waals surface area contributed by atoms with Crippen LogP contribution in [0.2, 0.25) is 0 Å². The van der Waals surface area contributed by atoms with E-state index in [1.54, 1.807) is 0 Å². The molecule has 0 amide bonds. The van der Waals surface area contributed by atoms with Crippen LogP contribution in [-0.2, 0) is 18.3 Å². The van der Waals surface area contributed by atoms with Gasteiger partial charge in [-0.15, -0.1) is 11.3 Å². The van der Waals surface area contributed by atoms with Crippen LogP contribution < -0.4 is 4.90 Å². The molecule has 77 heavy (non-hydrogen) atoms. The summed E-state index contributed by atoms with van der Waals surface area (Å²) in [5.74, 6) is 0. The summed E-state index contributed by atoms with van der Waals surface area (Å²) in [4.78, 5) is 2.45. The van der Waals surface area contributed by atoms with E-state index in [-0.39, 0.29) is 0 Å². The SMILES string of the molecule is c1ccc(Cc2ccccc2-c2ccc(N(c3ccc(-c4cccc(-c5cccc6c5sc5ccccc56)c4)cc3)c3ccc(C4(c5ccccc5)c5ccccc5-c5ccccc54)cc3)cc2Cc2ccccc2)cc1. The quantitative estimate of drug-likeness (QED) is 0.118. The molecule has 0 atom stereocenters. The molecule has 0 N–H and O–H groups in total. The Morgan fingerprint density at radius 1 is 0.299 bits per heavy atom. The van der Waals surface area contributed by atoms with Gasteiger partial charge in [0.25, 0.3) is 0 Å². The standard InChI is InChI=1S/C75H53NS/c1-4-20-52(21-5-1)48-56-24-10-11-29-64(56)65-47-46-63(51-58(65)49-53-22-6-2-7-23-53)76(61-42-38-54(39-43-61)55-25-18-26-57(50-55)66-33-19-34-70-69-32-14-17-37-73(69)77-74(66)70)62-44-40-60(41-45-62)75(59-27-8-3-9-28-59)71-35-15-12-30-67(71)68-31-13-16-36-72(68)75/h1-47,50-51H,48-49H2. The Labute approximate surface area is 455 Å². The molecule has 12 aromatic carbocycles. The van der Waals surface area contributed by atoms with Crippen LogP contribution in [0.1, 0.15) is 44.5 Å². The molecule has 0 aliphatic heterocycles. The topological polar surface area (TPSA) is 3.24 Å². The van der Waals surface area contributed by atoms with Crippen molar-refractivity contribution in [2.24, 2.45) is 0 Å². The molecule has 0 saturated carbocycles. The molecule has 1 aliphatic rings. The van der Waals surface area contributed by atoms with Crippen molar-refractivity contribution in [2.45, 2.75) is 18.3 Å². The zero-order valence-corrected chi connectivity index (χ0v) is 43.4. The molecule has 0 unspecified atom stereocenters. The second kappa shape index (κ2) is 19.7. The minimum Gasteiger partial charge on any atom is -0.310 e. The van der Waals surface area contributed by atoms with Gasteiger partial charge in [0.05, 0.1) is 5.41 Å². The monoisotopic (exact) mass is 999 g/mol. The first-order chi connectivity index (χ1) is 38.2. The van der Waals surface area contributed by atoms with Crippen molar-refractivity contribution in [3.8, 4) is 44.5 Å². The average molecular weight is 1000 g/mol. The van der Waals surface area contributed by atoms with E-state index in [0.717, 1.165) is 29.9 Å². The second-order valence-electron chi connectivity index (χ2n) is 20.3. The van der Waals surface area contributed by atoms with E-state index in [4.69, 9.17) is 0 Å². The lowest BCUT2D eigenvalue weighted by Gasteiger charge is -2.34. The second-order valence-corrected chi connectivity index (χ2v) is 21.4. The van der Waals surface area contributed by atoms with Crippen molar-refractivity contribution in [2.75, 3.05) is 4.90 Å². The van der Waals surface area contributed by atoms with Crippen molar-refractivity contribution >= 4 is 48.6 Å². The summed E-state index contributed by atoms with van der Waals surface area (Å²) in [6, 6.07) is 110. The summed E-state index contributed by atoms with van der Waals surface area (Å²) < 4.78 is 2.65. The lowest BCUT2D eigenvalue weighted by Crippen LogP contribution is -2.28. The molecule has 1 aromatic heterocycles. The summed E-state index contributed by atoms with van der Waals surface area (Å²) in [6.07, 6.45) is 1.65. The highest BCUT2D eigenvalue weighted by Gasteiger charge is 2.45. The summed E-state index contributed by atoms with van der Waals surface area (Å²) >= 11 is 1.88. The van der Waals surface area contributed by atoms with Gasteiger partial charge in [-0.1, -0.05) is 249 Å². The number of fused-ring (bicyclic) bond motifs is 6. The Bertz CT molecular complexity index is 4210. The molecule has 14 rings (SSSR count). The van der Waals surface area contributed by atoms with E-state index in [9.17, 15) is 0 Å². The lowest BCUT2D eigenvalue weighted by molar-refractivity contribution is 0.768. The highest BCUT2D eigenvalue weighted by Crippen LogP contribution is 2.56. The Hall–Kier alpha value is -9.34. The van der Waals surface area contributed by atoms with Crippen molar-refractivity contribution < 1.29 is 0 Å². The summed E-state index contributed by atoms with van der Waals surface area (Å²) in [7, 11) is 0. The highest BCUT2D eigenvalue weighted by molar-refractivity contribution is 7.26. The van der Waals surface area contributed by atoms with E-state index >= 15 is 0 Å². The summed E-state index contributed by atoms with van der Waals surface area (Å²) in [5, 5.41) is 2.63. The Morgan fingerprint density at radius 3 is 1.49 bits per heavy atom. The molecule has 0 radical (unpaired) electrons. The van der Waals surface area contributed by atoms with Gasteiger partial charge in [0.1, 0.15) is 0 Å². The maximum Gasteiger partial charge on any atom is 0.0713 e. The smallest absolute Gasteiger partial charge is 0.0713 e. The zero-order chi connectivity index (χ0) is 51.1. The molecule has 13 aromatic rings. The molecule has 0 saturated heterocycles. The van der Waals surface area contributed by atoms with E-state index in [0.29, 0.717) is 0 Å². The molecule has 0 fully saturated rings. The van der Waals surface area contributed by atoms with Crippen LogP contribution in [0.3, 0.4) is 0 Å². The van der Waals surface area contributed by atoms with E-state index in [1.165, 1.54) is 109 Å². The first kappa shape index (κ1) is 46.2. The fourth-order valence-electron chi connectivity index (χ4n) is 12.4. The van der Waals surface area contributed by atoms with Gasteiger partial charge in [-0.25, -0.2) is 0 Å². The van der Waals surface area contributed by atoms with Crippen molar-refractivity contribution in [1.29, 1.82) is 0 Å². The van der Waals surface area contributed by atoms with Gasteiger partial charge >= 0.3 is 0 Å². The number of anilines is 3. The predicted octanol–water partition coefficient (Wildman–Crippen LogP) is 20.1. The largest absolute Gasteiger partial charge is 0.310 e. The lowest BCUT2D eigenvalue weighted by atomic mass is 9.68. The number of hydrogen-bond acceptors (Lipinski definition) is 2. The third-order valence-electron chi connectivity index (χ3n) is 15.9. The van der Waals surface area contributed by atoms with E-state index in [1.807, 2.05) is 11.3 Å². The molecule has 1 heterocycles. The van der Waals surface area contributed by atoms with Crippen LogP contribution in [0, 0.1) is 0 Å². The first-order valence-electron chi connectivity index (χ1n) is 26.7. The molecule has 2 heteroatoms. The number of nitrogens with zero attached hydrogens (tertiary/aromatic N) is 1. The highest BCUT2D eigenvalue weighted by atomic mass is 32.1. The minimum atomic E-state index is -0.492. The van der Waals surface area contributed by atoms with Gasteiger partial charge in [0.15, 0.2) is 0 Å². The minimum absolute atomic E-state index is 0.492. The van der Waals surface area contributed by atoms with Crippen LogP contribution in [0.5, 0.6) is 0 Å². The molecular weight excluding hydrogens is 947 g/mol. The van der Waals surface area contributed by atoms with Crippen LogP contribution >= 0.6 is 11.3 Å². The first-order valence-corrected chi connectivity index (χ1v) is 27.5. The Morgan fingerprint density at radius 2 is 0.792 bits per heavy atom. The number of benzene rings is 12. The maximum absolute atomic E-state index is 2.45. The Kier molecular flexibility index (Phi) is 11.8. The zero-order valence-electron chi connectivity index (χ0n) is 42.6. The van der Waals surface area contributed by atoms with Gasteiger partial charge < -0.3 is 4.90 Å². The van der Waals surface area contributed by atoms with Crippen molar-refractivity contribution in [1.82, 2.24) is 0 Å². The fraction of sp³-hybridized carbons (Fsp3) is 0.0400. The van der Waals surface area contributed by atoms with Gasteiger partial charge in [-0.2, -0.15) is 0 Å². The van der Waals surface area contributed by atoms with Crippen LogP contribution in [0.25, 0.3) is 64.7 Å². The van der Waals surface area contributed by atoms with Crippen LogP contribution in [0.4, 0.5) is 17.1 Å². The van der Waals surface area contributed by atoms with Crippen molar-refractivity contribution in [3.05, 3.63) is 342 Å². The van der Waals surface area contributed by atoms with Gasteiger partial charge in [0.2, 0.25) is 0 Å².